The van der Waals surface area contributed by atoms with Crippen molar-refractivity contribution in [3.05, 3.63) is 111 Å². The standard InChI is InChI=1S/C37H27F10NO5/c1-17-10-18(33(49)52-3)4-6-23(17)25-15-27(31(51-2)16-28(25)38)24-7-5-20(35(39,40)41)14-26(24)29-8-9-30-32(53-34(50)48(29)30)19-11-21(36(42,43)44)13-22(12-19)37(45,46)47/h4-7,10-16,29-30,32H,8-9H2,1-3H3/t29-,30-,32+/m0/s1. The maximum atomic E-state index is 15.7. The minimum atomic E-state index is -5.18. The predicted octanol–water partition coefficient (Wildman–Crippen LogP) is 10.7. The third kappa shape index (κ3) is 6.98. The summed E-state index contributed by atoms with van der Waals surface area (Å²) in [6, 6.07) is 7.82. The zero-order chi connectivity index (χ0) is 38.8. The second kappa shape index (κ2) is 13.3. The van der Waals surface area contributed by atoms with E-state index in [-0.39, 0.29) is 52.5 Å². The van der Waals surface area contributed by atoms with Crippen LogP contribution in [0.25, 0.3) is 22.3 Å². The highest BCUT2D eigenvalue weighted by atomic mass is 19.4. The van der Waals surface area contributed by atoms with Crippen molar-refractivity contribution in [2.24, 2.45) is 0 Å². The van der Waals surface area contributed by atoms with Gasteiger partial charge in [-0.15, -0.1) is 0 Å². The number of benzene rings is 4. The lowest BCUT2D eigenvalue weighted by Gasteiger charge is -2.26. The molecule has 2 aliphatic heterocycles. The number of fused-ring (bicyclic) bond motifs is 1. The van der Waals surface area contributed by atoms with Crippen molar-refractivity contribution in [2.45, 2.75) is 56.5 Å². The van der Waals surface area contributed by atoms with Crippen LogP contribution < -0.4 is 4.74 Å². The van der Waals surface area contributed by atoms with Crippen LogP contribution >= 0.6 is 0 Å². The van der Waals surface area contributed by atoms with Crippen LogP contribution in [-0.2, 0) is 28.0 Å². The highest BCUT2D eigenvalue weighted by Crippen LogP contribution is 2.52. The number of carbonyl (C=O) groups excluding carboxylic acids is 2. The van der Waals surface area contributed by atoms with Gasteiger partial charge in [-0.3, -0.25) is 4.90 Å². The average molecular weight is 756 g/mol. The number of esters is 1. The van der Waals surface area contributed by atoms with E-state index in [0.29, 0.717) is 23.3 Å². The summed E-state index contributed by atoms with van der Waals surface area (Å²) in [5.74, 6) is -1.52. The summed E-state index contributed by atoms with van der Waals surface area (Å²) in [5, 5.41) is 0. The molecular formula is C37H27F10NO5. The molecule has 6 nitrogen and oxygen atoms in total. The number of aryl methyl sites for hydroxylation is 1. The Kier molecular flexibility index (Phi) is 9.40. The van der Waals surface area contributed by atoms with E-state index in [4.69, 9.17) is 14.2 Å². The van der Waals surface area contributed by atoms with Gasteiger partial charge in [0.05, 0.1) is 48.6 Å². The number of carbonyl (C=O) groups is 2. The fourth-order valence-corrected chi connectivity index (χ4v) is 7.00. The molecule has 0 aromatic heterocycles. The second-order valence-corrected chi connectivity index (χ2v) is 12.6. The van der Waals surface area contributed by atoms with Crippen LogP contribution in [0, 0.1) is 12.7 Å². The van der Waals surface area contributed by atoms with Crippen LogP contribution in [0.5, 0.6) is 5.75 Å². The molecule has 0 N–H and O–H groups in total. The SMILES string of the molecule is COC(=O)c1ccc(-c2cc(-c3ccc(C(F)(F)F)cc3[C@@H]3CC[C@H]4[C@@H](c5cc(C(F)(F)F)cc(C(F)(F)F)c5)OC(=O)N34)c(OC)cc2F)c(C)c1. The number of nitrogens with zero attached hydrogens (tertiary/aromatic N) is 1. The molecule has 0 spiro atoms. The van der Waals surface area contributed by atoms with Crippen molar-refractivity contribution in [2.75, 3.05) is 14.2 Å². The van der Waals surface area contributed by atoms with Gasteiger partial charge in [0.15, 0.2) is 0 Å². The van der Waals surface area contributed by atoms with Crippen molar-refractivity contribution in [3.63, 3.8) is 0 Å². The van der Waals surface area contributed by atoms with Crippen molar-refractivity contribution in [1.29, 1.82) is 0 Å². The lowest BCUT2D eigenvalue weighted by Crippen LogP contribution is -2.31. The van der Waals surface area contributed by atoms with Crippen LogP contribution in [0.4, 0.5) is 48.7 Å². The molecule has 1 amide bonds. The van der Waals surface area contributed by atoms with E-state index in [0.717, 1.165) is 29.2 Å². The van der Waals surface area contributed by atoms with Gasteiger partial charge in [0, 0.05) is 17.2 Å². The van der Waals surface area contributed by atoms with Crippen molar-refractivity contribution in [1.82, 2.24) is 4.90 Å². The molecule has 2 fully saturated rings. The summed E-state index contributed by atoms with van der Waals surface area (Å²) in [6.45, 7) is 1.60. The minimum Gasteiger partial charge on any atom is -0.496 e. The maximum absolute atomic E-state index is 15.7. The van der Waals surface area contributed by atoms with Crippen LogP contribution in [0.1, 0.15) is 68.7 Å². The van der Waals surface area contributed by atoms with Crippen LogP contribution in [-0.4, -0.2) is 37.2 Å². The number of hydrogen-bond acceptors (Lipinski definition) is 5. The van der Waals surface area contributed by atoms with Crippen molar-refractivity contribution >= 4 is 12.1 Å². The van der Waals surface area contributed by atoms with Gasteiger partial charge < -0.3 is 14.2 Å². The molecule has 4 aromatic rings. The largest absolute Gasteiger partial charge is 0.496 e. The fraction of sp³-hybridized carbons (Fsp3) is 0.297. The van der Waals surface area contributed by atoms with Gasteiger partial charge >= 0.3 is 30.6 Å². The Balaban J connectivity index is 1.48. The van der Waals surface area contributed by atoms with E-state index in [1.54, 1.807) is 6.92 Å². The molecule has 0 unspecified atom stereocenters. The van der Waals surface area contributed by atoms with E-state index in [9.17, 15) is 49.1 Å². The summed E-state index contributed by atoms with van der Waals surface area (Å²) >= 11 is 0. The first-order valence-electron chi connectivity index (χ1n) is 15.8. The quantitative estimate of drug-likeness (QED) is 0.145. The highest BCUT2D eigenvalue weighted by molar-refractivity contribution is 5.91. The average Bonchev–Trinajstić information content (AvgIpc) is 3.67. The summed E-state index contributed by atoms with van der Waals surface area (Å²) in [5.41, 5.74) is -3.96. The molecule has 2 saturated heterocycles. The first-order valence-corrected chi connectivity index (χ1v) is 15.8. The normalized spacial score (nSPS) is 18.9. The van der Waals surface area contributed by atoms with Crippen LogP contribution in [0.15, 0.2) is 66.7 Å². The number of alkyl halides is 9. The first-order chi connectivity index (χ1) is 24.7. The zero-order valence-corrected chi connectivity index (χ0v) is 27.8. The molecule has 280 valence electrons. The summed E-state index contributed by atoms with van der Waals surface area (Å²) in [7, 11) is 2.39. The van der Waals surface area contributed by atoms with E-state index in [1.807, 2.05) is 0 Å². The van der Waals surface area contributed by atoms with Gasteiger partial charge in [0.25, 0.3) is 0 Å². The van der Waals surface area contributed by atoms with E-state index >= 15 is 4.39 Å². The zero-order valence-electron chi connectivity index (χ0n) is 27.8. The smallest absolute Gasteiger partial charge is 0.416 e. The molecule has 0 radical (unpaired) electrons. The molecule has 2 heterocycles. The van der Waals surface area contributed by atoms with Crippen molar-refractivity contribution in [3.8, 4) is 28.0 Å². The molecule has 6 rings (SSSR count). The van der Waals surface area contributed by atoms with E-state index in [2.05, 4.69) is 0 Å². The molecule has 53 heavy (non-hydrogen) atoms. The van der Waals surface area contributed by atoms with E-state index in [1.165, 1.54) is 38.5 Å². The topological polar surface area (TPSA) is 65.1 Å². The van der Waals surface area contributed by atoms with Gasteiger partial charge in [-0.05, 0) is 96.1 Å². The minimum absolute atomic E-state index is 0.0180. The lowest BCUT2D eigenvalue weighted by atomic mass is 9.88. The number of halogens is 10. The van der Waals surface area contributed by atoms with Crippen molar-refractivity contribution < 1.29 is 67.7 Å². The Morgan fingerprint density at radius 3 is 1.92 bits per heavy atom. The monoisotopic (exact) mass is 755 g/mol. The molecule has 0 saturated carbocycles. The number of hydrogen-bond donors (Lipinski definition) is 0. The molecule has 0 bridgehead atoms. The number of rotatable bonds is 6. The molecule has 4 aromatic carbocycles. The Morgan fingerprint density at radius 2 is 1.36 bits per heavy atom. The molecule has 3 atom stereocenters. The predicted molar refractivity (Wildman–Crippen MR) is 168 cm³/mol. The molecule has 16 heteroatoms. The molecule has 2 aliphatic rings. The third-order valence-corrected chi connectivity index (χ3v) is 9.41. The molecule has 0 aliphatic carbocycles. The summed E-state index contributed by atoms with van der Waals surface area (Å²) in [4.78, 5) is 26.5. The number of methoxy groups -OCH3 is 2. The van der Waals surface area contributed by atoms with E-state index < -0.39 is 76.9 Å². The van der Waals surface area contributed by atoms with Crippen LogP contribution in [0.2, 0.25) is 0 Å². The summed E-state index contributed by atoms with van der Waals surface area (Å²) < 4.78 is 156. The van der Waals surface area contributed by atoms with Gasteiger partial charge in [-0.25, -0.2) is 14.0 Å². The number of cyclic esters (lactones) is 1. The Hall–Kier alpha value is -5.28. The fourth-order valence-electron chi connectivity index (χ4n) is 7.00. The lowest BCUT2D eigenvalue weighted by molar-refractivity contribution is -0.143. The van der Waals surface area contributed by atoms with Gasteiger partial charge in [-0.2, -0.15) is 39.5 Å². The second-order valence-electron chi connectivity index (χ2n) is 12.6. The maximum Gasteiger partial charge on any atom is 0.416 e. The summed E-state index contributed by atoms with van der Waals surface area (Å²) in [6.07, 6.45) is -18.1. The van der Waals surface area contributed by atoms with Gasteiger partial charge in [0.1, 0.15) is 17.7 Å². The first kappa shape index (κ1) is 37.5. The highest BCUT2D eigenvalue weighted by Gasteiger charge is 2.52. The molecular weight excluding hydrogens is 728 g/mol. The Morgan fingerprint density at radius 1 is 0.736 bits per heavy atom. The van der Waals surface area contributed by atoms with Gasteiger partial charge in [-0.1, -0.05) is 12.1 Å². The Labute approximate surface area is 294 Å². The van der Waals surface area contributed by atoms with Crippen LogP contribution in [0.3, 0.4) is 0 Å². The van der Waals surface area contributed by atoms with Gasteiger partial charge in [0.2, 0.25) is 0 Å². The number of ether oxygens (including phenoxy) is 3. The number of amides is 1. The Bertz CT molecular complexity index is 2080. The third-order valence-electron chi connectivity index (χ3n) is 9.41.